The molecular weight excluding hydrogens is 236 g/mol. The van der Waals surface area contributed by atoms with E-state index >= 15 is 0 Å². The van der Waals surface area contributed by atoms with Crippen molar-refractivity contribution in [2.75, 3.05) is 40.6 Å². The molecule has 0 heterocycles. The summed E-state index contributed by atoms with van der Waals surface area (Å²) in [5.74, 6) is -0.189. The fourth-order valence-electron chi connectivity index (χ4n) is 1.97. The van der Waals surface area contributed by atoms with Crippen LogP contribution < -0.4 is 0 Å². The Kier molecular flexibility index (Phi) is 7.23. The summed E-state index contributed by atoms with van der Waals surface area (Å²) in [6, 6.07) is 0. The van der Waals surface area contributed by atoms with Crippen LogP contribution in [0.3, 0.4) is 0 Å². The molecule has 0 atom stereocenters. The molecular formula is C13H24O5. The molecule has 0 saturated heterocycles. The second-order valence-electron chi connectivity index (χ2n) is 4.60. The van der Waals surface area contributed by atoms with Gasteiger partial charge in [0.2, 0.25) is 0 Å². The van der Waals surface area contributed by atoms with Crippen LogP contribution in [0.1, 0.15) is 32.1 Å². The van der Waals surface area contributed by atoms with Gasteiger partial charge in [-0.15, -0.1) is 0 Å². The van der Waals surface area contributed by atoms with E-state index in [1.807, 2.05) is 0 Å². The Morgan fingerprint density at radius 1 is 1.11 bits per heavy atom. The standard InChI is InChI=1S/C13H24O5/c1-15-9-10-17-7-4-8-18-13(5-3-6-13)11-12(14)16-2/h3-11H2,1-2H3. The van der Waals surface area contributed by atoms with Crippen LogP contribution in [0.4, 0.5) is 0 Å². The number of ether oxygens (including phenoxy) is 4. The smallest absolute Gasteiger partial charge is 0.308 e. The van der Waals surface area contributed by atoms with Crippen molar-refractivity contribution in [1.82, 2.24) is 0 Å². The quantitative estimate of drug-likeness (QED) is 0.440. The first kappa shape index (κ1) is 15.4. The Labute approximate surface area is 109 Å². The predicted octanol–water partition coefficient (Wildman–Crippen LogP) is 1.54. The summed E-state index contributed by atoms with van der Waals surface area (Å²) >= 11 is 0. The lowest BCUT2D eigenvalue weighted by Gasteiger charge is -2.40. The highest BCUT2D eigenvalue weighted by molar-refractivity contribution is 5.70. The highest BCUT2D eigenvalue weighted by Crippen LogP contribution is 2.38. The highest BCUT2D eigenvalue weighted by Gasteiger charge is 2.40. The van der Waals surface area contributed by atoms with Crippen molar-refractivity contribution in [2.45, 2.75) is 37.7 Å². The third-order valence-corrected chi connectivity index (χ3v) is 3.23. The second-order valence-corrected chi connectivity index (χ2v) is 4.60. The molecule has 1 saturated carbocycles. The van der Waals surface area contributed by atoms with Crippen LogP contribution in [0, 0.1) is 0 Å². The minimum atomic E-state index is -0.264. The van der Waals surface area contributed by atoms with E-state index in [0.29, 0.717) is 32.8 Å². The zero-order chi connectivity index (χ0) is 13.3. The molecule has 1 rings (SSSR count). The lowest BCUT2D eigenvalue weighted by molar-refractivity contribution is -0.158. The lowest BCUT2D eigenvalue weighted by atomic mass is 9.77. The Balaban J connectivity index is 2.07. The molecule has 0 amide bonds. The maximum absolute atomic E-state index is 11.3. The average Bonchev–Trinajstić information content (AvgIpc) is 2.34. The van der Waals surface area contributed by atoms with Gasteiger partial charge in [0.1, 0.15) is 0 Å². The molecule has 0 unspecified atom stereocenters. The normalized spacial score (nSPS) is 17.2. The molecule has 1 aliphatic rings. The van der Waals surface area contributed by atoms with Gasteiger partial charge in [-0.05, 0) is 25.7 Å². The molecule has 0 aromatic carbocycles. The van der Waals surface area contributed by atoms with Gasteiger partial charge in [-0.3, -0.25) is 4.79 Å². The third-order valence-electron chi connectivity index (χ3n) is 3.23. The molecule has 0 aromatic heterocycles. The summed E-state index contributed by atoms with van der Waals surface area (Å²) in [4.78, 5) is 11.3. The molecule has 0 N–H and O–H groups in total. The molecule has 18 heavy (non-hydrogen) atoms. The summed E-state index contributed by atoms with van der Waals surface area (Å²) in [6.07, 6.45) is 4.24. The molecule has 0 bridgehead atoms. The van der Waals surface area contributed by atoms with Crippen molar-refractivity contribution >= 4 is 5.97 Å². The maximum atomic E-state index is 11.3. The van der Waals surface area contributed by atoms with E-state index in [4.69, 9.17) is 18.9 Å². The van der Waals surface area contributed by atoms with Crippen molar-refractivity contribution in [3.8, 4) is 0 Å². The minimum absolute atomic E-state index is 0.189. The molecule has 1 aliphatic carbocycles. The number of carbonyl (C=O) groups is 1. The fourth-order valence-corrected chi connectivity index (χ4v) is 1.97. The maximum Gasteiger partial charge on any atom is 0.308 e. The second kappa shape index (κ2) is 8.45. The van der Waals surface area contributed by atoms with Crippen LogP contribution in [0.5, 0.6) is 0 Å². The van der Waals surface area contributed by atoms with E-state index in [0.717, 1.165) is 25.7 Å². The van der Waals surface area contributed by atoms with Crippen LogP contribution in [-0.2, 0) is 23.7 Å². The van der Waals surface area contributed by atoms with Crippen molar-refractivity contribution < 1.29 is 23.7 Å². The number of rotatable bonds is 10. The summed E-state index contributed by atoms with van der Waals surface area (Å²) in [7, 11) is 3.07. The van der Waals surface area contributed by atoms with Gasteiger partial charge in [0.05, 0.1) is 32.3 Å². The third kappa shape index (κ3) is 5.33. The summed E-state index contributed by atoms with van der Waals surface area (Å²) in [5.41, 5.74) is -0.264. The highest BCUT2D eigenvalue weighted by atomic mass is 16.5. The Hall–Kier alpha value is -0.650. The first-order valence-corrected chi connectivity index (χ1v) is 6.50. The Bertz CT molecular complexity index is 238. The van der Waals surface area contributed by atoms with E-state index in [2.05, 4.69) is 0 Å². The number of hydrogen-bond donors (Lipinski definition) is 0. The minimum Gasteiger partial charge on any atom is -0.469 e. The number of methoxy groups -OCH3 is 2. The van der Waals surface area contributed by atoms with Gasteiger partial charge in [-0.2, -0.15) is 0 Å². The molecule has 106 valence electrons. The largest absolute Gasteiger partial charge is 0.469 e. The van der Waals surface area contributed by atoms with Crippen LogP contribution in [0.25, 0.3) is 0 Å². The van der Waals surface area contributed by atoms with Crippen LogP contribution >= 0.6 is 0 Å². The Morgan fingerprint density at radius 3 is 2.44 bits per heavy atom. The number of hydrogen-bond acceptors (Lipinski definition) is 5. The number of carbonyl (C=O) groups excluding carboxylic acids is 1. The van der Waals surface area contributed by atoms with Crippen molar-refractivity contribution in [3.05, 3.63) is 0 Å². The summed E-state index contributed by atoms with van der Waals surface area (Å²) in [5, 5.41) is 0. The molecule has 0 aromatic rings. The lowest BCUT2D eigenvalue weighted by Crippen LogP contribution is -2.42. The SMILES string of the molecule is COCCOCCCOC1(CC(=O)OC)CCC1. The van der Waals surface area contributed by atoms with Gasteiger partial charge in [0.15, 0.2) is 0 Å². The van der Waals surface area contributed by atoms with Gasteiger partial charge in [0.25, 0.3) is 0 Å². The van der Waals surface area contributed by atoms with Crippen molar-refractivity contribution in [3.63, 3.8) is 0 Å². The molecule has 5 nitrogen and oxygen atoms in total. The first-order chi connectivity index (χ1) is 8.72. The molecule has 0 spiro atoms. The van der Waals surface area contributed by atoms with Gasteiger partial charge in [-0.1, -0.05) is 0 Å². The van der Waals surface area contributed by atoms with E-state index in [1.54, 1.807) is 7.11 Å². The summed E-state index contributed by atoms with van der Waals surface area (Å²) in [6.45, 7) is 2.53. The molecule has 1 fully saturated rings. The van der Waals surface area contributed by atoms with Crippen molar-refractivity contribution in [1.29, 1.82) is 0 Å². The molecule has 5 heteroatoms. The van der Waals surface area contributed by atoms with E-state index in [9.17, 15) is 4.79 Å². The average molecular weight is 260 g/mol. The molecule has 0 aliphatic heterocycles. The van der Waals surface area contributed by atoms with Crippen LogP contribution in [-0.4, -0.2) is 52.2 Å². The zero-order valence-corrected chi connectivity index (χ0v) is 11.4. The fraction of sp³-hybridized carbons (Fsp3) is 0.923. The Morgan fingerprint density at radius 2 is 1.89 bits per heavy atom. The van der Waals surface area contributed by atoms with Crippen LogP contribution in [0.2, 0.25) is 0 Å². The topological polar surface area (TPSA) is 54.0 Å². The zero-order valence-electron chi connectivity index (χ0n) is 11.4. The van der Waals surface area contributed by atoms with E-state index in [-0.39, 0.29) is 11.6 Å². The predicted molar refractivity (Wildman–Crippen MR) is 66.5 cm³/mol. The molecule has 0 radical (unpaired) electrons. The monoisotopic (exact) mass is 260 g/mol. The summed E-state index contributed by atoms with van der Waals surface area (Å²) < 4.78 is 20.8. The first-order valence-electron chi connectivity index (χ1n) is 6.50. The van der Waals surface area contributed by atoms with Gasteiger partial charge < -0.3 is 18.9 Å². The van der Waals surface area contributed by atoms with E-state index < -0.39 is 0 Å². The van der Waals surface area contributed by atoms with Gasteiger partial charge >= 0.3 is 5.97 Å². The number of esters is 1. The van der Waals surface area contributed by atoms with Gasteiger partial charge in [0, 0.05) is 20.3 Å². The van der Waals surface area contributed by atoms with E-state index in [1.165, 1.54) is 7.11 Å². The van der Waals surface area contributed by atoms with Gasteiger partial charge in [-0.25, -0.2) is 0 Å². The van der Waals surface area contributed by atoms with Crippen LogP contribution in [0.15, 0.2) is 0 Å². The van der Waals surface area contributed by atoms with Crippen molar-refractivity contribution in [2.24, 2.45) is 0 Å².